The number of thiazole rings is 1. The molecule has 2 aromatic heterocycles. The summed E-state index contributed by atoms with van der Waals surface area (Å²) < 4.78 is 55.3. The molecule has 0 aliphatic rings. The average molecular weight is 378 g/mol. The van der Waals surface area contributed by atoms with Crippen molar-refractivity contribution in [3.63, 3.8) is 0 Å². The summed E-state index contributed by atoms with van der Waals surface area (Å²) in [5, 5.41) is 3.80. The number of anilines is 1. The third-order valence-corrected chi connectivity index (χ3v) is 4.77. The Kier molecular flexibility index (Phi) is 3.69. The lowest BCUT2D eigenvalue weighted by Crippen LogP contribution is -2.08. The van der Waals surface area contributed by atoms with E-state index < -0.39 is 17.7 Å². The van der Waals surface area contributed by atoms with Gasteiger partial charge in [-0.05, 0) is 23.8 Å². The van der Waals surface area contributed by atoms with Crippen molar-refractivity contribution in [1.29, 1.82) is 0 Å². The first-order valence-corrected chi connectivity index (χ1v) is 8.24. The summed E-state index contributed by atoms with van der Waals surface area (Å²) >= 11 is 1.01. The van der Waals surface area contributed by atoms with Gasteiger partial charge in [-0.2, -0.15) is 23.0 Å². The van der Waals surface area contributed by atoms with Crippen LogP contribution in [0.25, 0.3) is 26.5 Å². The second-order valence-corrected chi connectivity index (χ2v) is 6.50. The molecule has 0 radical (unpaired) electrons. The number of hydrogen-bond acceptors (Lipinski definition) is 4. The van der Waals surface area contributed by atoms with E-state index in [0.29, 0.717) is 15.8 Å². The Balaban J connectivity index is 1.96. The van der Waals surface area contributed by atoms with E-state index in [1.807, 2.05) is 0 Å². The van der Waals surface area contributed by atoms with Crippen molar-refractivity contribution in [3.8, 4) is 16.3 Å². The molecule has 0 amide bonds. The summed E-state index contributed by atoms with van der Waals surface area (Å²) in [6.45, 7) is 0. The number of alkyl halides is 3. The summed E-state index contributed by atoms with van der Waals surface area (Å²) in [6, 6.07) is 11.9. The topological polar surface area (TPSA) is 56.7 Å². The van der Waals surface area contributed by atoms with Gasteiger partial charge in [-0.15, -0.1) is 0 Å². The first kappa shape index (κ1) is 16.5. The van der Waals surface area contributed by atoms with E-state index >= 15 is 0 Å². The van der Waals surface area contributed by atoms with Crippen LogP contribution in [0.5, 0.6) is 0 Å². The van der Waals surface area contributed by atoms with Gasteiger partial charge >= 0.3 is 6.18 Å². The van der Waals surface area contributed by atoms with Crippen LogP contribution in [0.15, 0.2) is 48.5 Å². The average Bonchev–Trinajstić information content (AvgIpc) is 3.15. The highest BCUT2D eigenvalue weighted by molar-refractivity contribution is 7.20. The molecule has 0 aliphatic heterocycles. The lowest BCUT2D eigenvalue weighted by molar-refractivity contribution is -0.140. The molecule has 4 nitrogen and oxygen atoms in total. The van der Waals surface area contributed by atoms with E-state index in [-0.39, 0.29) is 16.5 Å². The molecule has 0 saturated carbocycles. The van der Waals surface area contributed by atoms with Crippen LogP contribution in [-0.2, 0) is 6.18 Å². The number of rotatable bonds is 2. The Morgan fingerprint density at radius 1 is 1.04 bits per heavy atom. The van der Waals surface area contributed by atoms with Crippen LogP contribution in [0.4, 0.5) is 23.4 Å². The molecule has 4 aromatic rings. The highest BCUT2D eigenvalue weighted by Crippen LogP contribution is 2.41. The molecule has 26 heavy (non-hydrogen) atoms. The predicted octanol–water partition coefficient (Wildman–Crippen LogP) is 4.89. The number of halogens is 4. The first-order chi connectivity index (χ1) is 12.3. The molecule has 0 atom stereocenters. The molecule has 4 rings (SSSR count). The number of nitrogens with zero attached hydrogens (tertiary/aromatic N) is 3. The second kappa shape index (κ2) is 5.80. The van der Waals surface area contributed by atoms with E-state index in [4.69, 9.17) is 5.73 Å². The molecular weight excluding hydrogens is 368 g/mol. The number of hydrogen-bond donors (Lipinski definition) is 1. The molecule has 0 aliphatic carbocycles. The Hall–Kier alpha value is -2.94. The monoisotopic (exact) mass is 378 g/mol. The van der Waals surface area contributed by atoms with Crippen LogP contribution in [-0.4, -0.2) is 14.8 Å². The van der Waals surface area contributed by atoms with Crippen LogP contribution >= 0.6 is 11.3 Å². The van der Waals surface area contributed by atoms with Gasteiger partial charge in [0, 0.05) is 0 Å². The maximum atomic E-state index is 13.5. The molecule has 9 heteroatoms. The molecular formula is C17H10F4N4S. The SMILES string of the molecule is Nc1c(-c2ccccc2)c(C(F)(F)F)nn1-c1nc2ccc(F)cc2s1. The lowest BCUT2D eigenvalue weighted by Gasteiger charge is -2.06. The molecule has 2 heterocycles. The Morgan fingerprint density at radius 3 is 2.46 bits per heavy atom. The number of fused-ring (bicyclic) bond motifs is 1. The highest BCUT2D eigenvalue weighted by atomic mass is 32.1. The van der Waals surface area contributed by atoms with Crippen LogP contribution in [0, 0.1) is 5.82 Å². The third kappa shape index (κ3) is 2.70. The van der Waals surface area contributed by atoms with Crippen molar-refractivity contribution in [2.75, 3.05) is 5.73 Å². The first-order valence-electron chi connectivity index (χ1n) is 7.42. The van der Waals surface area contributed by atoms with Crippen LogP contribution in [0.2, 0.25) is 0 Å². The maximum absolute atomic E-state index is 13.5. The fourth-order valence-electron chi connectivity index (χ4n) is 2.64. The normalized spacial score (nSPS) is 12.0. The number of aromatic nitrogens is 3. The molecule has 2 N–H and O–H groups in total. The van der Waals surface area contributed by atoms with E-state index in [1.54, 1.807) is 18.2 Å². The van der Waals surface area contributed by atoms with Crippen molar-refractivity contribution in [2.24, 2.45) is 0 Å². The van der Waals surface area contributed by atoms with E-state index in [1.165, 1.54) is 30.3 Å². The smallest absolute Gasteiger partial charge is 0.383 e. The third-order valence-electron chi connectivity index (χ3n) is 3.77. The summed E-state index contributed by atoms with van der Waals surface area (Å²) in [7, 11) is 0. The Morgan fingerprint density at radius 2 is 1.77 bits per heavy atom. The van der Waals surface area contributed by atoms with Gasteiger partial charge in [0.15, 0.2) is 5.69 Å². The minimum Gasteiger partial charge on any atom is -0.383 e. The van der Waals surface area contributed by atoms with E-state index in [9.17, 15) is 17.6 Å². The van der Waals surface area contributed by atoms with E-state index in [2.05, 4.69) is 10.1 Å². The van der Waals surface area contributed by atoms with Gasteiger partial charge in [0.2, 0.25) is 5.13 Å². The fraction of sp³-hybridized carbons (Fsp3) is 0.0588. The van der Waals surface area contributed by atoms with Crippen molar-refractivity contribution >= 4 is 27.4 Å². The van der Waals surface area contributed by atoms with Crippen LogP contribution in [0.3, 0.4) is 0 Å². The van der Waals surface area contributed by atoms with Gasteiger partial charge in [0.05, 0.1) is 15.8 Å². The summed E-state index contributed by atoms with van der Waals surface area (Å²) in [5.74, 6) is -0.634. The van der Waals surface area contributed by atoms with Crippen molar-refractivity contribution in [1.82, 2.24) is 14.8 Å². The molecule has 0 bridgehead atoms. The number of benzene rings is 2. The minimum absolute atomic E-state index is 0.135. The van der Waals surface area contributed by atoms with Gasteiger partial charge in [-0.1, -0.05) is 41.7 Å². The highest BCUT2D eigenvalue weighted by Gasteiger charge is 2.39. The zero-order chi connectivity index (χ0) is 18.5. The predicted molar refractivity (Wildman–Crippen MR) is 91.6 cm³/mol. The molecule has 0 fully saturated rings. The summed E-state index contributed by atoms with van der Waals surface area (Å²) in [4.78, 5) is 4.22. The van der Waals surface area contributed by atoms with Crippen LogP contribution in [0.1, 0.15) is 5.69 Å². The van der Waals surface area contributed by atoms with Gasteiger partial charge in [-0.25, -0.2) is 9.37 Å². The second-order valence-electron chi connectivity index (χ2n) is 5.49. The zero-order valence-electron chi connectivity index (χ0n) is 13.0. The van der Waals surface area contributed by atoms with Gasteiger partial charge in [-0.3, -0.25) is 0 Å². The fourth-order valence-corrected chi connectivity index (χ4v) is 3.60. The van der Waals surface area contributed by atoms with E-state index in [0.717, 1.165) is 16.0 Å². The van der Waals surface area contributed by atoms with Crippen LogP contribution < -0.4 is 5.73 Å². The summed E-state index contributed by atoms with van der Waals surface area (Å²) in [5.41, 5.74) is 5.47. The summed E-state index contributed by atoms with van der Waals surface area (Å²) in [6.07, 6.45) is -4.69. The largest absolute Gasteiger partial charge is 0.435 e. The molecule has 0 saturated heterocycles. The molecule has 2 aromatic carbocycles. The van der Waals surface area contributed by atoms with Crippen molar-refractivity contribution < 1.29 is 17.6 Å². The lowest BCUT2D eigenvalue weighted by atomic mass is 10.1. The Labute approximate surface area is 148 Å². The minimum atomic E-state index is -4.69. The van der Waals surface area contributed by atoms with Crippen molar-refractivity contribution in [2.45, 2.75) is 6.18 Å². The number of nitrogens with two attached hydrogens (primary N) is 1. The van der Waals surface area contributed by atoms with Gasteiger partial charge in [0.1, 0.15) is 11.6 Å². The number of nitrogen functional groups attached to an aromatic ring is 1. The van der Waals surface area contributed by atoms with Crippen molar-refractivity contribution in [3.05, 3.63) is 60.0 Å². The van der Waals surface area contributed by atoms with Gasteiger partial charge < -0.3 is 5.73 Å². The Bertz CT molecular complexity index is 1100. The van der Waals surface area contributed by atoms with Gasteiger partial charge in [0.25, 0.3) is 0 Å². The zero-order valence-corrected chi connectivity index (χ0v) is 13.8. The molecule has 132 valence electrons. The molecule has 0 unspecified atom stereocenters. The standard InChI is InChI=1S/C17H10F4N4S/c18-10-6-7-11-12(8-10)26-16(23-11)25-15(22)13(9-4-2-1-3-5-9)14(24-25)17(19,20)21/h1-8H,22H2. The quantitative estimate of drug-likeness (QED) is 0.505. The molecule has 0 spiro atoms. The maximum Gasteiger partial charge on any atom is 0.435 e.